The molecule has 1 fully saturated rings. The fourth-order valence-corrected chi connectivity index (χ4v) is 4.97. The van der Waals surface area contributed by atoms with Crippen LogP contribution in [-0.2, 0) is 11.3 Å². The monoisotopic (exact) mass is 472 g/mol. The normalized spacial score (nSPS) is 15.7. The number of rotatable bonds is 10. The molecule has 4 rings (SSSR count). The molecule has 10 heteroatoms. The Balaban J connectivity index is 1.57. The molecule has 9 nitrogen and oxygen atoms in total. The number of thioether (sulfide) groups is 1. The number of amides is 1. The van der Waals surface area contributed by atoms with Crippen LogP contribution in [0.4, 0.5) is 11.8 Å². The molecule has 3 aromatic heterocycles. The summed E-state index contributed by atoms with van der Waals surface area (Å²) in [6.07, 6.45) is 6.61. The summed E-state index contributed by atoms with van der Waals surface area (Å²) in [5, 5.41) is 16.2. The molecule has 1 saturated heterocycles. The van der Waals surface area contributed by atoms with Crippen molar-refractivity contribution in [1.29, 1.82) is 0 Å². The van der Waals surface area contributed by atoms with Crippen LogP contribution in [0, 0.1) is 12.8 Å². The van der Waals surface area contributed by atoms with Crippen molar-refractivity contribution in [2.24, 2.45) is 5.92 Å². The first-order valence-electron chi connectivity index (χ1n) is 11.6. The topological polar surface area (TPSA) is 102 Å². The number of hydrogen-bond donors (Lipinski definition) is 1. The van der Waals surface area contributed by atoms with E-state index in [2.05, 4.69) is 44.0 Å². The third-order valence-electron chi connectivity index (χ3n) is 5.90. The van der Waals surface area contributed by atoms with Crippen LogP contribution in [0.25, 0.3) is 0 Å². The first kappa shape index (κ1) is 23.4. The zero-order chi connectivity index (χ0) is 23.2. The van der Waals surface area contributed by atoms with Gasteiger partial charge in [-0.15, -0.1) is 10.2 Å². The average Bonchev–Trinajstić information content (AvgIpc) is 3.55. The van der Waals surface area contributed by atoms with Crippen LogP contribution in [0.15, 0.2) is 38.6 Å². The highest BCUT2D eigenvalue weighted by molar-refractivity contribution is 8.00. The first-order chi connectivity index (χ1) is 16.0. The van der Waals surface area contributed by atoms with Crippen LogP contribution in [-0.4, -0.2) is 44.2 Å². The zero-order valence-electron chi connectivity index (χ0n) is 19.5. The van der Waals surface area contributed by atoms with Gasteiger partial charge >= 0.3 is 0 Å². The lowest BCUT2D eigenvalue weighted by Crippen LogP contribution is -2.35. The number of anilines is 2. The Bertz CT molecular complexity index is 1020. The minimum absolute atomic E-state index is 0.109. The van der Waals surface area contributed by atoms with Crippen molar-refractivity contribution in [2.75, 3.05) is 23.3 Å². The maximum absolute atomic E-state index is 13.1. The van der Waals surface area contributed by atoms with Crippen molar-refractivity contribution in [2.45, 2.75) is 69.8 Å². The van der Waals surface area contributed by atoms with Crippen molar-refractivity contribution < 1.29 is 13.7 Å². The number of nitrogens with one attached hydrogen (secondary N) is 1. The van der Waals surface area contributed by atoms with Gasteiger partial charge in [0.2, 0.25) is 11.9 Å². The number of hydrogen-bond acceptors (Lipinski definition) is 8. The van der Waals surface area contributed by atoms with Crippen molar-refractivity contribution in [3.63, 3.8) is 0 Å². The molecule has 1 N–H and O–H groups in total. The molecule has 3 aromatic rings. The standard InChI is InChI=1S/C23H32N6O3S/c1-4-5-8-19(21(30)24-20-14-17(3)32-27-20)33-23-26-25-22(28-11-9-16(2)10-12-28)29(23)15-18-7-6-13-31-18/h6-7,13-14,16,19H,4-5,8-12,15H2,1-3H3,(H,24,27,30). The minimum atomic E-state index is -0.323. The summed E-state index contributed by atoms with van der Waals surface area (Å²) in [6, 6.07) is 5.55. The van der Waals surface area contributed by atoms with Gasteiger partial charge in [-0.25, -0.2) is 0 Å². The van der Waals surface area contributed by atoms with E-state index in [-0.39, 0.29) is 11.2 Å². The van der Waals surface area contributed by atoms with Crippen molar-refractivity contribution in [1.82, 2.24) is 19.9 Å². The first-order valence-corrected chi connectivity index (χ1v) is 12.5. The molecule has 4 heterocycles. The number of aromatic nitrogens is 4. The second-order valence-electron chi connectivity index (χ2n) is 8.68. The molecular formula is C23H32N6O3S. The Morgan fingerprint density at radius 2 is 2.15 bits per heavy atom. The molecule has 0 aliphatic carbocycles. The summed E-state index contributed by atoms with van der Waals surface area (Å²) in [5.41, 5.74) is 0. The summed E-state index contributed by atoms with van der Waals surface area (Å²) >= 11 is 1.45. The number of furan rings is 1. The van der Waals surface area contributed by atoms with Crippen LogP contribution in [0.2, 0.25) is 0 Å². The molecule has 1 atom stereocenters. The summed E-state index contributed by atoms with van der Waals surface area (Å²) in [7, 11) is 0. The molecule has 33 heavy (non-hydrogen) atoms. The van der Waals surface area contributed by atoms with Gasteiger partial charge < -0.3 is 19.2 Å². The number of aryl methyl sites for hydroxylation is 1. The number of piperidine rings is 1. The predicted molar refractivity (Wildman–Crippen MR) is 127 cm³/mol. The van der Waals surface area contributed by atoms with E-state index in [1.54, 1.807) is 19.3 Å². The average molecular weight is 473 g/mol. The number of unbranched alkanes of at least 4 members (excludes halogenated alkanes) is 1. The maximum atomic E-state index is 13.1. The van der Waals surface area contributed by atoms with Crippen molar-refractivity contribution >= 4 is 29.4 Å². The van der Waals surface area contributed by atoms with E-state index in [1.807, 2.05) is 12.1 Å². The van der Waals surface area contributed by atoms with Gasteiger partial charge in [-0.3, -0.25) is 9.36 Å². The van der Waals surface area contributed by atoms with Crippen LogP contribution in [0.3, 0.4) is 0 Å². The van der Waals surface area contributed by atoms with Gasteiger partial charge in [0.25, 0.3) is 0 Å². The zero-order valence-corrected chi connectivity index (χ0v) is 20.3. The van der Waals surface area contributed by atoms with E-state index < -0.39 is 0 Å². The van der Waals surface area contributed by atoms with Gasteiger partial charge in [-0.05, 0) is 44.2 Å². The third-order valence-corrected chi connectivity index (χ3v) is 7.14. The van der Waals surface area contributed by atoms with Gasteiger partial charge in [-0.1, -0.05) is 43.6 Å². The quantitative estimate of drug-likeness (QED) is 0.422. The second-order valence-corrected chi connectivity index (χ2v) is 9.85. The van der Waals surface area contributed by atoms with Gasteiger partial charge in [0.15, 0.2) is 11.0 Å². The molecule has 1 aliphatic heterocycles. The SMILES string of the molecule is CCCCC(Sc1nnc(N2CCC(C)CC2)n1Cc1ccco1)C(=O)Nc1cc(C)on1. The van der Waals surface area contributed by atoms with E-state index in [0.29, 0.717) is 23.3 Å². The molecule has 1 amide bonds. The van der Waals surface area contributed by atoms with Crippen LogP contribution >= 0.6 is 11.8 Å². The van der Waals surface area contributed by atoms with E-state index in [1.165, 1.54) is 11.8 Å². The Morgan fingerprint density at radius 3 is 2.82 bits per heavy atom. The fraction of sp³-hybridized carbons (Fsp3) is 0.565. The fourth-order valence-electron chi connectivity index (χ4n) is 3.90. The predicted octanol–water partition coefficient (Wildman–Crippen LogP) is 4.74. The largest absolute Gasteiger partial charge is 0.467 e. The third kappa shape index (κ3) is 5.98. The maximum Gasteiger partial charge on any atom is 0.239 e. The van der Waals surface area contributed by atoms with E-state index in [9.17, 15) is 4.79 Å². The highest BCUT2D eigenvalue weighted by Crippen LogP contribution is 2.31. The van der Waals surface area contributed by atoms with Gasteiger partial charge in [0, 0.05) is 19.2 Å². The van der Waals surface area contributed by atoms with Crippen LogP contribution < -0.4 is 10.2 Å². The molecule has 0 saturated carbocycles. The minimum Gasteiger partial charge on any atom is -0.467 e. The molecule has 1 aliphatic rings. The summed E-state index contributed by atoms with van der Waals surface area (Å²) < 4.78 is 12.8. The molecule has 0 spiro atoms. The smallest absolute Gasteiger partial charge is 0.239 e. The Morgan fingerprint density at radius 1 is 1.33 bits per heavy atom. The molecule has 178 valence electrons. The summed E-state index contributed by atoms with van der Waals surface area (Å²) in [4.78, 5) is 15.4. The van der Waals surface area contributed by atoms with Gasteiger partial charge in [-0.2, -0.15) is 0 Å². The number of carbonyl (C=O) groups is 1. The lowest BCUT2D eigenvalue weighted by Gasteiger charge is -2.31. The Kier molecular flexibility index (Phi) is 7.74. The van der Waals surface area contributed by atoms with Crippen LogP contribution in [0.5, 0.6) is 0 Å². The summed E-state index contributed by atoms with van der Waals surface area (Å²) in [5.74, 6) is 3.36. The van der Waals surface area contributed by atoms with Gasteiger partial charge in [0.05, 0.1) is 18.1 Å². The number of nitrogens with zero attached hydrogens (tertiary/aromatic N) is 5. The summed E-state index contributed by atoms with van der Waals surface area (Å²) in [6.45, 7) is 8.63. The molecule has 1 unspecified atom stereocenters. The highest BCUT2D eigenvalue weighted by atomic mass is 32.2. The van der Waals surface area contributed by atoms with E-state index in [0.717, 1.165) is 62.8 Å². The number of carbonyl (C=O) groups excluding carboxylic acids is 1. The lowest BCUT2D eigenvalue weighted by molar-refractivity contribution is -0.115. The van der Waals surface area contributed by atoms with Crippen LogP contribution in [0.1, 0.15) is 57.5 Å². The molecular weight excluding hydrogens is 440 g/mol. The Hall–Kier alpha value is -2.75. The highest BCUT2D eigenvalue weighted by Gasteiger charge is 2.27. The molecule has 0 bridgehead atoms. The van der Waals surface area contributed by atoms with E-state index >= 15 is 0 Å². The van der Waals surface area contributed by atoms with Gasteiger partial charge in [0.1, 0.15) is 11.5 Å². The Labute approximate surface area is 198 Å². The van der Waals surface area contributed by atoms with Crippen molar-refractivity contribution in [3.05, 3.63) is 36.0 Å². The second kappa shape index (κ2) is 10.9. The van der Waals surface area contributed by atoms with Crippen molar-refractivity contribution in [3.8, 4) is 0 Å². The lowest BCUT2D eigenvalue weighted by atomic mass is 10.00. The molecule has 0 aromatic carbocycles. The van der Waals surface area contributed by atoms with E-state index in [4.69, 9.17) is 8.94 Å². The molecule has 0 radical (unpaired) electrons.